The van der Waals surface area contributed by atoms with Gasteiger partial charge in [0.2, 0.25) is 5.91 Å². The number of anilines is 1. The summed E-state index contributed by atoms with van der Waals surface area (Å²) in [5.41, 5.74) is 0.810. The van der Waals surface area contributed by atoms with Crippen molar-refractivity contribution < 1.29 is 19.1 Å². The second-order valence-electron chi connectivity index (χ2n) is 6.09. The van der Waals surface area contributed by atoms with E-state index in [0.29, 0.717) is 19.5 Å². The topological polar surface area (TPSA) is 79.9 Å². The summed E-state index contributed by atoms with van der Waals surface area (Å²) in [5, 5.41) is 5.68. The minimum atomic E-state index is -0.250. The van der Waals surface area contributed by atoms with Crippen LogP contribution < -0.4 is 20.3 Å². The molecule has 2 fully saturated rings. The number of carbonyl (C=O) groups excluding carboxylic acids is 2. The fourth-order valence-corrected chi connectivity index (χ4v) is 3.06. The molecule has 7 heteroatoms. The van der Waals surface area contributed by atoms with E-state index < -0.39 is 0 Å². The molecule has 24 heavy (non-hydrogen) atoms. The molecule has 1 aromatic carbocycles. The lowest BCUT2D eigenvalue weighted by atomic mass is 10.2. The van der Waals surface area contributed by atoms with Gasteiger partial charge in [-0.2, -0.15) is 0 Å². The molecule has 0 radical (unpaired) electrons. The fraction of sp³-hybridized carbons (Fsp3) is 0.529. The van der Waals surface area contributed by atoms with Gasteiger partial charge in [-0.3, -0.25) is 4.79 Å². The van der Waals surface area contributed by atoms with Crippen LogP contribution in [0.25, 0.3) is 0 Å². The predicted molar refractivity (Wildman–Crippen MR) is 89.3 cm³/mol. The Kier molecular flexibility index (Phi) is 5.20. The number of amides is 3. The summed E-state index contributed by atoms with van der Waals surface area (Å²) in [6, 6.07) is 6.88. The van der Waals surface area contributed by atoms with Crippen LogP contribution in [0.15, 0.2) is 24.3 Å². The molecule has 0 bridgehead atoms. The number of nitrogens with one attached hydrogen (secondary N) is 2. The Morgan fingerprint density at radius 3 is 2.83 bits per heavy atom. The number of benzene rings is 1. The third-order valence-electron chi connectivity index (χ3n) is 4.36. The van der Waals surface area contributed by atoms with E-state index >= 15 is 0 Å². The van der Waals surface area contributed by atoms with Crippen LogP contribution in [0.2, 0.25) is 0 Å². The van der Waals surface area contributed by atoms with Gasteiger partial charge in [0.25, 0.3) is 0 Å². The average Bonchev–Trinajstić information content (AvgIpc) is 3.23. The zero-order chi connectivity index (χ0) is 16.9. The number of rotatable bonds is 5. The van der Waals surface area contributed by atoms with Crippen molar-refractivity contribution in [2.45, 2.75) is 31.4 Å². The van der Waals surface area contributed by atoms with E-state index in [4.69, 9.17) is 9.47 Å². The van der Waals surface area contributed by atoms with E-state index in [1.807, 2.05) is 24.3 Å². The zero-order valence-electron chi connectivity index (χ0n) is 13.8. The Morgan fingerprint density at radius 1 is 1.38 bits per heavy atom. The van der Waals surface area contributed by atoms with Gasteiger partial charge in [-0.05, 0) is 37.1 Å². The molecule has 3 rings (SSSR count). The largest absolute Gasteiger partial charge is 0.497 e. The van der Waals surface area contributed by atoms with Crippen LogP contribution in [-0.4, -0.2) is 50.9 Å². The lowest BCUT2D eigenvalue weighted by Crippen LogP contribution is -2.45. The van der Waals surface area contributed by atoms with E-state index in [0.717, 1.165) is 30.9 Å². The number of hydrogen-bond acceptors (Lipinski definition) is 4. The Labute approximate surface area is 141 Å². The standard InChI is InChI=1S/C17H23N3O4/c1-23-14-6-4-13(5-7-14)20-11-12(9-16(20)21)19-17(22)18-10-15-3-2-8-24-15/h4-7,12,15H,2-3,8-11H2,1H3,(H2,18,19,22)/t12-,15-/m1/s1. The summed E-state index contributed by atoms with van der Waals surface area (Å²) < 4.78 is 10.6. The van der Waals surface area contributed by atoms with Crippen molar-refractivity contribution >= 4 is 17.6 Å². The molecular weight excluding hydrogens is 310 g/mol. The molecule has 0 unspecified atom stereocenters. The van der Waals surface area contributed by atoms with Gasteiger partial charge in [0.05, 0.1) is 19.3 Å². The summed E-state index contributed by atoms with van der Waals surface area (Å²) in [6.45, 7) is 1.75. The monoisotopic (exact) mass is 333 g/mol. The highest BCUT2D eigenvalue weighted by Crippen LogP contribution is 2.24. The Bertz CT molecular complexity index is 584. The van der Waals surface area contributed by atoms with E-state index in [-0.39, 0.29) is 24.1 Å². The number of carbonyl (C=O) groups is 2. The van der Waals surface area contributed by atoms with Crippen molar-refractivity contribution in [3.8, 4) is 5.75 Å². The SMILES string of the molecule is COc1ccc(N2C[C@H](NC(=O)NC[C@H]3CCCO3)CC2=O)cc1. The Hall–Kier alpha value is -2.28. The summed E-state index contributed by atoms with van der Waals surface area (Å²) in [6.07, 6.45) is 2.44. The number of ether oxygens (including phenoxy) is 2. The molecule has 3 amide bonds. The zero-order valence-corrected chi connectivity index (χ0v) is 13.8. The summed E-state index contributed by atoms with van der Waals surface area (Å²) in [4.78, 5) is 25.8. The van der Waals surface area contributed by atoms with Crippen LogP contribution in [0.1, 0.15) is 19.3 Å². The number of methoxy groups -OCH3 is 1. The second-order valence-corrected chi connectivity index (χ2v) is 6.09. The lowest BCUT2D eigenvalue weighted by molar-refractivity contribution is -0.117. The van der Waals surface area contributed by atoms with Gasteiger partial charge >= 0.3 is 6.03 Å². The van der Waals surface area contributed by atoms with Gasteiger partial charge in [-0.1, -0.05) is 0 Å². The Balaban J connectivity index is 1.49. The first-order chi connectivity index (χ1) is 11.7. The van der Waals surface area contributed by atoms with E-state index in [1.165, 1.54) is 0 Å². The van der Waals surface area contributed by atoms with Gasteiger partial charge < -0.3 is 25.0 Å². The minimum Gasteiger partial charge on any atom is -0.497 e. The smallest absolute Gasteiger partial charge is 0.315 e. The fourth-order valence-electron chi connectivity index (χ4n) is 3.06. The van der Waals surface area contributed by atoms with E-state index in [2.05, 4.69) is 10.6 Å². The van der Waals surface area contributed by atoms with Crippen LogP contribution >= 0.6 is 0 Å². The number of hydrogen-bond donors (Lipinski definition) is 2. The van der Waals surface area contributed by atoms with Crippen LogP contribution in [0, 0.1) is 0 Å². The van der Waals surface area contributed by atoms with Crippen LogP contribution in [0.3, 0.4) is 0 Å². The normalized spacial score (nSPS) is 23.4. The third-order valence-corrected chi connectivity index (χ3v) is 4.36. The first-order valence-corrected chi connectivity index (χ1v) is 8.26. The first kappa shape index (κ1) is 16.6. The molecule has 2 aliphatic rings. The molecule has 0 aromatic heterocycles. The molecule has 2 heterocycles. The molecule has 2 saturated heterocycles. The summed E-state index contributed by atoms with van der Waals surface area (Å²) in [5.74, 6) is 0.748. The van der Waals surface area contributed by atoms with E-state index in [1.54, 1.807) is 12.0 Å². The average molecular weight is 333 g/mol. The first-order valence-electron chi connectivity index (χ1n) is 8.26. The molecule has 0 aliphatic carbocycles. The maximum Gasteiger partial charge on any atom is 0.315 e. The van der Waals surface area contributed by atoms with Crippen LogP contribution in [-0.2, 0) is 9.53 Å². The lowest BCUT2D eigenvalue weighted by Gasteiger charge is -2.18. The highest BCUT2D eigenvalue weighted by molar-refractivity contribution is 5.96. The van der Waals surface area contributed by atoms with Gasteiger partial charge in [0.15, 0.2) is 0 Å². The van der Waals surface area contributed by atoms with Crippen LogP contribution in [0.5, 0.6) is 5.75 Å². The van der Waals surface area contributed by atoms with Crippen LogP contribution in [0.4, 0.5) is 10.5 Å². The molecule has 0 spiro atoms. The maximum atomic E-state index is 12.2. The van der Waals surface area contributed by atoms with E-state index in [9.17, 15) is 9.59 Å². The van der Waals surface area contributed by atoms with Gasteiger partial charge in [0.1, 0.15) is 5.75 Å². The van der Waals surface area contributed by atoms with Crippen molar-refractivity contribution in [1.82, 2.24) is 10.6 Å². The van der Waals surface area contributed by atoms with Crippen molar-refractivity contribution in [3.63, 3.8) is 0 Å². The predicted octanol–water partition coefficient (Wildman–Crippen LogP) is 1.28. The van der Waals surface area contributed by atoms with Gasteiger partial charge in [-0.25, -0.2) is 4.79 Å². The maximum absolute atomic E-state index is 12.2. The minimum absolute atomic E-state index is 0.00425. The highest BCUT2D eigenvalue weighted by atomic mass is 16.5. The second kappa shape index (κ2) is 7.53. The molecule has 130 valence electrons. The van der Waals surface area contributed by atoms with Gasteiger partial charge in [-0.15, -0.1) is 0 Å². The van der Waals surface area contributed by atoms with Crippen molar-refractivity contribution in [3.05, 3.63) is 24.3 Å². The number of nitrogens with zero attached hydrogens (tertiary/aromatic N) is 1. The highest BCUT2D eigenvalue weighted by Gasteiger charge is 2.31. The molecule has 1 aromatic rings. The van der Waals surface area contributed by atoms with Crippen molar-refractivity contribution in [1.29, 1.82) is 0 Å². The molecule has 2 atom stereocenters. The van der Waals surface area contributed by atoms with Gasteiger partial charge in [0, 0.05) is 31.8 Å². The van der Waals surface area contributed by atoms with Crippen molar-refractivity contribution in [2.24, 2.45) is 0 Å². The number of urea groups is 1. The molecular formula is C17H23N3O4. The molecule has 7 nitrogen and oxygen atoms in total. The third kappa shape index (κ3) is 3.97. The molecule has 2 aliphatic heterocycles. The molecule has 0 saturated carbocycles. The summed E-state index contributed by atoms with van der Waals surface area (Å²) in [7, 11) is 1.60. The quantitative estimate of drug-likeness (QED) is 0.851. The summed E-state index contributed by atoms with van der Waals surface area (Å²) >= 11 is 0. The molecule has 2 N–H and O–H groups in total. The van der Waals surface area contributed by atoms with Crippen molar-refractivity contribution in [2.75, 3.05) is 31.7 Å². The Morgan fingerprint density at radius 2 is 2.17 bits per heavy atom.